The van der Waals surface area contributed by atoms with Crippen LogP contribution < -0.4 is 4.90 Å². The third-order valence-electron chi connectivity index (χ3n) is 3.46. The summed E-state index contributed by atoms with van der Waals surface area (Å²) in [6.45, 7) is 5.79. The van der Waals surface area contributed by atoms with E-state index in [-0.39, 0.29) is 0 Å². The molecule has 0 bridgehead atoms. The summed E-state index contributed by atoms with van der Waals surface area (Å²) in [4.78, 5) is 6.69. The molecular formula is C13H16N2O. The van der Waals surface area contributed by atoms with Crippen LogP contribution in [0.25, 0.3) is 0 Å². The first-order chi connectivity index (χ1) is 7.60. The molecule has 1 aromatic carbocycles. The molecule has 84 valence electrons. The summed E-state index contributed by atoms with van der Waals surface area (Å²) < 4.78 is 0. The Bertz CT molecular complexity index is 465. The summed E-state index contributed by atoms with van der Waals surface area (Å²) >= 11 is 0. The molecule has 0 aromatic heterocycles. The van der Waals surface area contributed by atoms with E-state index in [1.54, 1.807) is 0 Å². The van der Waals surface area contributed by atoms with Crippen LogP contribution in [-0.4, -0.2) is 24.0 Å². The molecule has 2 heterocycles. The minimum Gasteiger partial charge on any atom is -0.377 e. The van der Waals surface area contributed by atoms with Gasteiger partial charge in [-0.15, -0.1) is 0 Å². The van der Waals surface area contributed by atoms with Gasteiger partial charge in [0, 0.05) is 24.3 Å². The summed E-state index contributed by atoms with van der Waals surface area (Å²) in [6.07, 6.45) is 0. The first kappa shape index (κ1) is 9.85. The second-order valence-electron chi connectivity index (χ2n) is 4.97. The topological polar surface area (TPSA) is 35.8 Å². The van der Waals surface area contributed by atoms with Crippen molar-refractivity contribution < 1.29 is 5.11 Å². The van der Waals surface area contributed by atoms with Gasteiger partial charge in [-0.25, -0.2) is 0 Å². The van der Waals surface area contributed by atoms with Crippen molar-refractivity contribution in [3.63, 3.8) is 0 Å². The van der Waals surface area contributed by atoms with E-state index >= 15 is 0 Å². The van der Waals surface area contributed by atoms with Crippen molar-refractivity contribution in [2.45, 2.75) is 19.4 Å². The van der Waals surface area contributed by atoms with Crippen molar-refractivity contribution >= 4 is 11.5 Å². The fourth-order valence-corrected chi connectivity index (χ4v) is 2.65. The predicted octanol–water partition coefficient (Wildman–Crippen LogP) is 1.76. The molecular weight excluding hydrogens is 200 g/mol. The second-order valence-corrected chi connectivity index (χ2v) is 4.97. The van der Waals surface area contributed by atoms with Gasteiger partial charge in [0.25, 0.3) is 0 Å². The van der Waals surface area contributed by atoms with E-state index in [2.05, 4.69) is 22.9 Å². The maximum Gasteiger partial charge on any atom is 0.146 e. The lowest BCUT2D eigenvalue weighted by atomic mass is 9.97. The van der Waals surface area contributed by atoms with E-state index in [1.165, 1.54) is 0 Å². The molecule has 1 aromatic rings. The van der Waals surface area contributed by atoms with Gasteiger partial charge in [-0.2, -0.15) is 0 Å². The lowest BCUT2D eigenvalue weighted by Crippen LogP contribution is -2.44. The number of nitrogens with zero attached hydrogens (tertiary/aromatic N) is 2. The Kier molecular flexibility index (Phi) is 1.89. The minimum absolute atomic E-state index is 0.547. The molecule has 16 heavy (non-hydrogen) atoms. The zero-order valence-electron chi connectivity index (χ0n) is 9.64. The SMILES string of the molecule is CC1CN=C2N(C1)c1ccccc1C2(C)O. The van der Waals surface area contributed by atoms with Crippen molar-refractivity contribution in [2.24, 2.45) is 10.9 Å². The van der Waals surface area contributed by atoms with Crippen molar-refractivity contribution in [2.75, 3.05) is 18.0 Å². The van der Waals surface area contributed by atoms with Crippen molar-refractivity contribution in [3.05, 3.63) is 29.8 Å². The van der Waals surface area contributed by atoms with Gasteiger partial charge in [-0.1, -0.05) is 25.1 Å². The lowest BCUT2D eigenvalue weighted by molar-refractivity contribution is 0.135. The molecule has 2 aliphatic rings. The Labute approximate surface area is 95.4 Å². The molecule has 0 radical (unpaired) electrons. The molecule has 2 unspecified atom stereocenters. The van der Waals surface area contributed by atoms with Crippen LogP contribution in [-0.2, 0) is 5.60 Å². The van der Waals surface area contributed by atoms with E-state index in [0.29, 0.717) is 5.92 Å². The molecule has 3 heteroatoms. The van der Waals surface area contributed by atoms with Crippen LogP contribution in [0.4, 0.5) is 5.69 Å². The highest BCUT2D eigenvalue weighted by atomic mass is 16.3. The van der Waals surface area contributed by atoms with E-state index in [1.807, 2.05) is 25.1 Å². The maximum absolute atomic E-state index is 10.6. The standard InChI is InChI=1S/C13H16N2O/c1-9-7-14-12-13(2,16)10-5-3-4-6-11(10)15(12)8-9/h3-6,9,16H,7-8H2,1-2H3. The van der Waals surface area contributed by atoms with Crippen LogP contribution in [0.2, 0.25) is 0 Å². The third kappa shape index (κ3) is 1.15. The molecule has 1 N–H and O–H groups in total. The average Bonchev–Trinajstić information content (AvgIpc) is 2.49. The fourth-order valence-electron chi connectivity index (χ4n) is 2.65. The summed E-state index contributed by atoms with van der Waals surface area (Å²) in [7, 11) is 0. The monoisotopic (exact) mass is 216 g/mol. The molecule has 0 fully saturated rings. The van der Waals surface area contributed by atoms with E-state index in [0.717, 1.165) is 30.2 Å². The predicted molar refractivity (Wildman–Crippen MR) is 64.8 cm³/mol. The number of hydrogen-bond acceptors (Lipinski definition) is 3. The number of amidine groups is 1. The number of benzene rings is 1. The van der Waals surface area contributed by atoms with Gasteiger partial charge in [-0.3, -0.25) is 4.99 Å². The van der Waals surface area contributed by atoms with Gasteiger partial charge in [-0.05, 0) is 18.9 Å². The van der Waals surface area contributed by atoms with E-state index in [4.69, 9.17) is 0 Å². The number of hydrogen-bond donors (Lipinski definition) is 1. The Morgan fingerprint density at radius 1 is 1.44 bits per heavy atom. The Morgan fingerprint density at radius 3 is 3.00 bits per heavy atom. The van der Waals surface area contributed by atoms with Crippen molar-refractivity contribution in [1.82, 2.24) is 0 Å². The first-order valence-corrected chi connectivity index (χ1v) is 5.75. The number of fused-ring (bicyclic) bond motifs is 3. The normalized spacial score (nSPS) is 32.1. The van der Waals surface area contributed by atoms with Crippen LogP contribution in [0.1, 0.15) is 19.4 Å². The van der Waals surface area contributed by atoms with Gasteiger partial charge in [0.1, 0.15) is 11.4 Å². The maximum atomic E-state index is 10.6. The van der Waals surface area contributed by atoms with Crippen LogP contribution >= 0.6 is 0 Å². The van der Waals surface area contributed by atoms with E-state index < -0.39 is 5.60 Å². The molecule has 2 aliphatic heterocycles. The zero-order chi connectivity index (χ0) is 11.3. The van der Waals surface area contributed by atoms with Crippen molar-refractivity contribution in [1.29, 1.82) is 0 Å². The zero-order valence-corrected chi connectivity index (χ0v) is 9.64. The van der Waals surface area contributed by atoms with Gasteiger partial charge >= 0.3 is 0 Å². The Morgan fingerprint density at radius 2 is 2.19 bits per heavy atom. The van der Waals surface area contributed by atoms with Gasteiger partial charge in [0.05, 0.1) is 0 Å². The summed E-state index contributed by atoms with van der Waals surface area (Å²) in [5, 5.41) is 10.6. The molecule has 2 atom stereocenters. The summed E-state index contributed by atoms with van der Waals surface area (Å²) in [5.41, 5.74) is 1.16. The summed E-state index contributed by atoms with van der Waals surface area (Å²) in [5.74, 6) is 1.36. The average molecular weight is 216 g/mol. The van der Waals surface area contributed by atoms with Crippen LogP contribution in [0.5, 0.6) is 0 Å². The molecule has 0 saturated heterocycles. The molecule has 0 saturated carbocycles. The lowest BCUT2D eigenvalue weighted by Gasteiger charge is -2.30. The molecule has 3 rings (SSSR count). The highest BCUT2D eigenvalue weighted by Crippen LogP contribution is 2.42. The highest BCUT2D eigenvalue weighted by molar-refractivity contribution is 6.10. The molecule has 0 amide bonds. The molecule has 0 aliphatic carbocycles. The Balaban J connectivity index is 2.19. The second kappa shape index (κ2) is 3.08. The number of anilines is 1. The van der Waals surface area contributed by atoms with Crippen LogP contribution in [0.15, 0.2) is 29.3 Å². The number of rotatable bonds is 0. The largest absolute Gasteiger partial charge is 0.377 e. The quantitative estimate of drug-likeness (QED) is 0.717. The Hall–Kier alpha value is -1.35. The van der Waals surface area contributed by atoms with Gasteiger partial charge < -0.3 is 10.0 Å². The third-order valence-corrected chi connectivity index (χ3v) is 3.46. The van der Waals surface area contributed by atoms with Gasteiger partial charge in [0.15, 0.2) is 0 Å². The minimum atomic E-state index is -0.920. The van der Waals surface area contributed by atoms with E-state index in [9.17, 15) is 5.11 Å². The van der Waals surface area contributed by atoms with Gasteiger partial charge in [0.2, 0.25) is 0 Å². The molecule has 0 spiro atoms. The number of para-hydroxylation sites is 1. The highest BCUT2D eigenvalue weighted by Gasteiger charge is 2.45. The van der Waals surface area contributed by atoms with Crippen LogP contribution in [0.3, 0.4) is 0 Å². The van der Waals surface area contributed by atoms with Crippen LogP contribution in [0, 0.1) is 5.92 Å². The summed E-state index contributed by atoms with van der Waals surface area (Å²) in [6, 6.07) is 8.03. The van der Waals surface area contributed by atoms with Crippen molar-refractivity contribution in [3.8, 4) is 0 Å². The smallest absolute Gasteiger partial charge is 0.146 e. The fraction of sp³-hybridized carbons (Fsp3) is 0.462. The number of aliphatic hydroxyl groups is 1. The number of aliphatic imine (C=N–C) groups is 1. The molecule has 3 nitrogen and oxygen atoms in total. The first-order valence-electron chi connectivity index (χ1n) is 5.75.